The molecular formula is C51H36. The highest BCUT2D eigenvalue weighted by Crippen LogP contribution is 2.47. The number of aryl methyl sites for hydroxylation is 1. The lowest BCUT2D eigenvalue weighted by atomic mass is 9.82. The molecule has 0 radical (unpaired) electrons. The van der Waals surface area contributed by atoms with E-state index in [0.29, 0.717) is 0 Å². The van der Waals surface area contributed by atoms with Crippen molar-refractivity contribution in [1.82, 2.24) is 0 Å². The minimum absolute atomic E-state index is 1.20. The first kappa shape index (κ1) is 30.6. The van der Waals surface area contributed by atoms with Crippen LogP contribution >= 0.6 is 0 Å². The quantitative estimate of drug-likeness (QED) is 0.157. The third-order valence-corrected chi connectivity index (χ3v) is 10.2. The maximum Gasteiger partial charge on any atom is -0.00199 e. The van der Waals surface area contributed by atoms with E-state index in [-0.39, 0.29) is 0 Å². The molecule has 9 aromatic rings. The molecule has 0 nitrogen and oxygen atoms in total. The van der Waals surface area contributed by atoms with E-state index in [9.17, 15) is 0 Å². The summed E-state index contributed by atoms with van der Waals surface area (Å²) in [5.41, 5.74) is 16.0. The molecule has 0 heteroatoms. The minimum atomic E-state index is 1.20. The third-order valence-electron chi connectivity index (χ3n) is 10.2. The van der Waals surface area contributed by atoms with Crippen LogP contribution in [-0.4, -0.2) is 0 Å². The van der Waals surface area contributed by atoms with Gasteiger partial charge in [-0.1, -0.05) is 200 Å². The van der Waals surface area contributed by atoms with E-state index in [4.69, 9.17) is 0 Å². The van der Waals surface area contributed by atoms with Crippen LogP contribution in [0.15, 0.2) is 200 Å². The third kappa shape index (κ3) is 5.71. The van der Waals surface area contributed by atoms with Crippen molar-refractivity contribution in [3.8, 4) is 66.8 Å². The topological polar surface area (TPSA) is 0 Å². The van der Waals surface area contributed by atoms with Crippen molar-refractivity contribution >= 4 is 21.5 Å². The Hall–Kier alpha value is -6.50. The van der Waals surface area contributed by atoms with Gasteiger partial charge in [0.15, 0.2) is 0 Å². The fourth-order valence-corrected chi connectivity index (χ4v) is 7.59. The summed E-state index contributed by atoms with van der Waals surface area (Å²) < 4.78 is 0. The Morgan fingerprint density at radius 1 is 0.235 bits per heavy atom. The Morgan fingerprint density at radius 3 is 1.08 bits per heavy atom. The van der Waals surface area contributed by atoms with Crippen molar-refractivity contribution in [2.45, 2.75) is 6.92 Å². The monoisotopic (exact) mass is 648 g/mol. The summed E-state index contributed by atoms with van der Waals surface area (Å²) in [6.07, 6.45) is 0. The second-order valence-corrected chi connectivity index (χ2v) is 13.4. The van der Waals surface area contributed by atoms with E-state index in [2.05, 4.69) is 207 Å². The molecular weight excluding hydrogens is 613 g/mol. The Balaban J connectivity index is 1.29. The van der Waals surface area contributed by atoms with Crippen LogP contribution < -0.4 is 0 Å². The summed E-state index contributed by atoms with van der Waals surface area (Å²) >= 11 is 0. The first-order valence-electron chi connectivity index (χ1n) is 17.7. The molecule has 9 aromatic carbocycles. The molecule has 0 bridgehead atoms. The molecule has 0 unspecified atom stereocenters. The molecule has 240 valence electrons. The number of hydrogen-bond donors (Lipinski definition) is 0. The zero-order chi connectivity index (χ0) is 34.1. The summed E-state index contributed by atoms with van der Waals surface area (Å²) in [4.78, 5) is 0. The van der Waals surface area contributed by atoms with Gasteiger partial charge in [0.1, 0.15) is 0 Å². The Kier molecular flexibility index (Phi) is 7.84. The van der Waals surface area contributed by atoms with Crippen LogP contribution in [-0.2, 0) is 0 Å². The fourth-order valence-electron chi connectivity index (χ4n) is 7.59. The molecule has 0 aliphatic rings. The summed E-state index contributed by atoms with van der Waals surface area (Å²) in [5, 5.41) is 5.03. The largest absolute Gasteiger partial charge is 0.0622 e. The van der Waals surface area contributed by atoms with Crippen molar-refractivity contribution in [1.29, 1.82) is 0 Å². The molecule has 0 fully saturated rings. The van der Waals surface area contributed by atoms with Gasteiger partial charge in [0.25, 0.3) is 0 Å². The number of rotatable bonds is 6. The highest BCUT2D eigenvalue weighted by molar-refractivity contribution is 6.22. The number of benzene rings is 9. The van der Waals surface area contributed by atoms with E-state index in [1.807, 2.05) is 0 Å². The van der Waals surface area contributed by atoms with Crippen LogP contribution in [0.2, 0.25) is 0 Å². The highest BCUT2D eigenvalue weighted by Gasteiger charge is 2.20. The zero-order valence-corrected chi connectivity index (χ0v) is 28.6. The van der Waals surface area contributed by atoms with Crippen LogP contribution in [0.1, 0.15) is 5.56 Å². The van der Waals surface area contributed by atoms with Gasteiger partial charge in [-0.3, -0.25) is 0 Å². The second-order valence-electron chi connectivity index (χ2n) is 13.4. The van der Waals surface area contributed by atoms with Crippen LogP contribution in [0, 0.1) is 6.92 Å². The Bertz CT molecular complexity index is 2570. The van der Waals surface area contributed by atoms with Crippen LogP contribution in [0.25, 0.3) is 88.3 Å². The lowest BCUT2D eigenvalue weighted by Gasteiger charge is -2.21. The highest BCUT2D eigenvalue weighted by atomic mass is 14.2. The van der Waals surface area contributed by atoms with E-state index >= 15 is 0 Å². The van der Waals surface area contributed by atoms with Crippen LogP contribution in [0.3, 0.4) is 0 Å². The van der Waals surface area contributed by atoms with Crippen molar-refractivity contribution in [2.24, 2.45) is 0 Å². The van der Waals surface area contributed by atoms with Gasteiger partial charge in [-0.15, -0.1) is 0 Å². The van der Waals surface area contributed by atoms with Gasteiger partial charge in [-0.05, 0) is 101 Å². The predicted molar refractivity (Wildman–Crippen MR) is 219 cm³/mol. The molecule has 0 saturated heterocycles. The van der Waals surface area contributed by atoms with Crippen LogP contribution in [0.4, 0.5) is 0 Å². The Labute approximate surface area is 300 Å². The van der Waals surface area contributed by atoms with E-state index in [1.54, 1.807) is 0 Å². The van der Waals surface area contributed by atoms with Crippen molar-refractivity contribution in [2.75, 3.05) is 0 Å². The Morgan fingerprint density at radius 2 is 0.588 bits per heavy atom. The molecule has 0 heterocycles. The summed E-state index contributed by atoms with van der Waals surface area (Å²) in [7, 11) is 0. The standard InChI is InChI=1S/C51H36/c1-35-20-22-42(23-21-35)50-45-16-8-10-18-47(45)51(48-19-11-9-17-46(48)50)49-34-43(40-26-24-38(25-27-40)36-12-4-2-5-13-36)32-33-44(49)41-30-28-39(29-31-41)37-14-6-3-7-15-37/h2-34H,1H3. The average molecular weight is 649 g/mol. The first-order valence-corrected chi connectivity index (χ1v) is 17.7. The number of hydrogen-bond acceptors (Lipinski definition) is 0. The molecule has 0 amide bonds. The summed E-state index contributed by atoms with van der Waals surface area (Å²) in [6.45, 7) is 2.15. The van der Waals surface area contributed by atoms with Crippen LogP contribution in [0.5, 0.6) is 0 Å². The molecule has 0 aliphatic heterocycles. The van der Waals surface area contributed by atoms with Gasteiger partial charge in [0.2, 0.25) is 0 Å². The van der Waals surface area contributed by atoms with E-state index in [0.717, 1.165) is 0 Å². The SMILES string of the molecule is Cc1ccc(-c2c3ccccc3c(-c3cc(-c4ccc(-c5ccccc5)cc4)ccc3-c3ccc(-c4ccccc4)cc3)c3ccccc23)cc1. The van der Waals surface area contributed by atoms with Crippen molar-refractivity contribution in [3.63, 3.8) is 0 Å². The molecule has 0 aliphatic carbocycles. The van der Waals surface area contributed by atoms with Gasteiger partial charge in [-0.25, -0.2) is 0 Å². The first-order chi connectivity index (χ1) is 25.2. The predicted octanol–water partition coefficient (Wildman–Crippen LogP) is 14.3. The molecule has 0 aromatic heterocycles. The smallest absolute Gasteiger partial charge is 0.00199 e. The zero-order valence-electron chi connectivity index (χ0n) is 28.6. The maximum atomic E-state index is 2.41. The van der Waals surface area contributed by atoms with E-state index in [1.165, 1.54) is 93.9 Å². The molecule has 0 saturated carbocycles. The van der Waals surface area contributed by atoms with Crippen molar-refractivity contribution in [3.05, 3.63) is 206 Å². The van der Waals surface area contributed by atoms with Crippen molar-refractivity contribution < 1.29 is 0 Å². The van der Waals surface area contributed by atoms with Gasteiger partial charge in [0.05, 0.1) is 0 Å². The lowest BCUT2D eigenvalue weighted by Crippen LogP contribution is -1.94. The fraction of sp³-hybridized carbons (Fsp3) is 0.0196. The molecule has 9 rings (SSSR count). The number of fused-ring (bicyclic) bond motifs is 2. The molecule has 51 heavy (non-hydrogen) atoms. The molecule has 0 N–H and O–H groups in total. The summed E-state index contributed by atoms with van der Waals surface area (Å²) in [5.74, 6) is 0. The average Bonchev–Trinajstić information content (AvgIpc) is 3.21. The second kappa shape index (κ2) is 13.1. The minimum Gasteiger partial charge on any atom is -0.0622 e. The normalized spacial score (nSPS) is 11.2. The summed E-state index contributed by atoms with van der Waals surface area (Å²) in [6, 6.07) is 73.2. The molecule has 0 spiro atoms. The van der Waals surface area contributed by atoms with Gasteiger partial charge >= 0.3 is 0 Å². The van der Waals surface area contributed by atoms with Gasteiger partial charge < -0.3 is 0 Å². The molecule has 0 atom stereocenters. The maximum absolute atomic E-state index is 2.41. The van der Waals surface area contributed by atoms with E-state index < -0.39 is 0 Å². The lowest BCUT2D eigenvalue weighted by molar-refractivity contribution is 1.47. The van der Waals surface area contributed by atoms with Gasteiger partial charge in [0, 0.05) is 0 Å². The van der Waals surface area contributed by atoms with Gasteiger partial charge in [-0.2, -0.15) is 0 Å².